The second kappa shape index (κ2) is 8.48. The molecule has 0 amide bonds. The van der Waals surface area contributed by atoms with E-state index in [0.717, 1.165) is 22.4 Å². The number of fused-ring (bicyclic) bond motifs is 1. The molecular weight excluding hydrogens is 412 g/mol. The van der Waals surface area contributed by atoms with Crippen LogP contribution in [0.5, 0.6) is 5.75 Å². The number of hydrogen-bond acceptors (Lipinski definition) is 4. The number of rotatable bonds is 5. The molecule has 0 saturated carbocycles. The fraction of sp³-hybridized carbons (Fsp3) is 0.0741. The summed E-state index contributed by atoms with van der Waals surface area (Å²) in [6.45, 7) is 0. The van der Waals surface area contributed by atoms with Crippen molar-refractivity contribution < 1.29 is 4.74 Å². The second-order valence-corrected chi connectivity index (χ2v) is 7.55. The van der Waals surface area contributed by atoms with E-state index < -0.39 is 0 Å². The largest absolute Gasteiger partial charge is 0.497 e. The summed E-state index contributed by atoms with van der Waals surface area (Å²) in [5, 5.41) is 12.8. The third kappa shape index (κ3) is 3.56. The topological polar surface area (TPSA) is 83.2 Å². The Bertz CT molecular complexity index is 1530. The van der Waals surface area contributed by atoms with Crippen molar-refractivity contribution in [3.63, 3.8) is 0 Å². The quantitative estimate of drug-likeness (QED) is 0.419. The van der Waals surface area contributed by atoms with Crippen molar-refractivity contribution in [3.8, 4) is 45.3 Å². The molecule has 0 bridgehead atoms. The van der Waals surface area contributed by atoms with Gasteiger partial charge >= 0.3 is 0 Å². The zero-order valence-corrected chi connectivity index (χ0v) is 17.9. The van der Waals surface area contributed by atoms with Crippen LogP contribution in [0.1, 0.15) is 5.69 Å². The summed E-state index contributed by atoms with van der Waals surface area (Å²) >= 11 is 0. The normalized spacial score (nSPS) is 10.8. The van der Waals surface area contributed by atoms with Crippen molar-refractivity contribution in [2.75, 3.05) is 7.11 Å². The number of nitrogens with one attached hydrogen (secondary N) is 1. The van der Waals surface area contributed by atoms with Gasteiger partial charge in [-0.25, -0.2) is 4.98 Å². The molecule has 5 aromatic rings. The highest BCUT2D eigenvalue weighted by Crippen LogP contribution is 2.35. The molecule has 0 fully saturated rings. The van der Waals surface area contributed by atoms with E-state index >= 15 is 0 Å². The maximum atomic E-state index is 13.8. The van der Waals surface area contributed by atoms with Gasteiger partial charge in [0.2, 0.25) is 0 Å². The molecule has 2 aromatic heterocycles. The Morgan fingerprint density at radius 3 is 2.09 bits per heavy atom. The minimum atomic E-state index is -0.255. The van der Waals surface area contributed by atoms with Crippen molar-refractivity contribution >= 4 is 5.65 Å². The number of nitrogens with zero attached hydrogens (tertiary/aromatic N) is 3. The number of nitriles is 1. The van der Waals surface area contributed by atoms with Crippen LogP contribution in [0, 0.1) is 11.3 Å². The molecule has 0 aliphatic heterocycles. The maximum absolute atomic E-state index is 13.8. The molecule has 2 heterocycles. The monoisotopic (exact) mass is 432 g/mol. The van der Waals surface area contributed by atoms with Crippen LogP contribution in [0.2, 0.25) is 0 Å². The molecule has 6 heteroatoms. The number of aromatic amines is 1. The Kier molecular flexibility index (Phi) is 5.21. The highest BCUT2D eigenvalue weighted by molar-refractivity contribution is 5.91. The molecule has 0 aliphatic carbocycles. The molecule has 3 aromatic carbocycles. The predicted octanol–water partition coefficient (Wildman–Crippen LogP) is 5.10. The first kappa shape index (κ1) is 20.3. The zero-order valence-electron chi connectivity index (χ0n) is 17.9. The van der Waals surface area contributed by atoms with Crippen molar-refractivity contribution in [2.24, 2.45) is 0 Å². The summed E-state index contributed by atoms with van der Waals surface area (Å²) in [6, 6.07) is 29.0. The molecule has 6 nitrogen and oxygen atoms in total. The molecule has 0 unspecified atom stereocenters. The van der Waals surface area contributed by atoms with Crippen LogP contribution in [0.15, 0.2) is 89.7 Å². The third-order valence-corrected chi connectivity index (χ3v) is 5.61. The number of hydrogen-bond donors (Lipinski definition) is 1. The van der Waals surface area contributed by atoms with E-state index in [1.807, 2.05) is 72.8 Å². The molecular formula is C27H20N4O2. The SMILES string of the molecule is COc1ccc(-c2c(CC#N)nc3c(-c4ccccc4)c(-c4ccccc4)[nH]n3c2=O)cc1. The molecule has 33 heavy (non-hydrogen) atoms. The standard InChI is InChI=1S/C27H20N4O2/c1-33-21-14-12-19(13-15-21)23-22(16-17-28)29-26-24(18-8-4-2-5-9-18)25(30-31(26)27(23)32)20-10-6-3-7-11-20/h2-15,30H,16H2,1H3. The van der Waals surface area contributed by atoms with Gasteiger partial charge in [-0.3, -0.25) is 9.89 Å². The average Bonchev–Trinajstić information content (AvgIpc) is 3.25. The van der Waals surface area contributed by atoms with Crippen LogP contribution in [-0.4, -0.2) is 21.7 Å². The summed E-state index contributed by atoms with van der Waals surface area (Å²) < 4.78 is 6.72. The fourth-order valence-electron chi connectivity index (χ4n) is 4.06. The van der Waals surface area contributed by atoms with Gasteiger partial charge in [-0.15, -0.1) is 0 Å². The Labute approximate surface area is 190 Å². The van der Waals surface area contributed by atoms with E-state index in [4.69, 9.17) is 9.72 Å². The Morgan fingerprint density at radius 2 is 1.48 bits per heavy atom. The van der Waals surface area contributed by atoms with Gasteiger partial charge in [-0.1, -0.05) is 72.8 Å². The van der Waals surface area contributed by atoms with Crippen LogP contribution in [0.25, 0.3) is 39.2 Å². The molecule has 0 atom stereocenters. The summed E-state index contributed by atoms with van der Waals surface area (Å²) in [7, 11) is 1.59. The lowest BCUT2D eigenvalue weighted by Crippen LogP contribution is -2.20. The van der Waals surface area contributed by atoms with Gasteiger partial charge in [-0.05, 0) is 23.3 Å². The Hall–Kier alpha value is -4.63. The molecule has 0 spiro atoms. The second-order valence-electron chi connectivity index (χ2n) is 7.55. The van der Waals surface area contributed by atoms with E-state index in [9.17, 15) is 10.1 Å². The van der Waals surface area contributed by atoms with E-state index in [0.29, 0.717) is 28.2 Å². The maximum Gasteiger partial charge on any atom is 0.280 e. The Morgan fingerprint density at radius 1 is 0.879 bits per heavy atom. The molecule has 0 saturated heterocycles. The predicted molar refractivity (Wildman–Crippen MR) is 128 cm³/mol. The zero-order chi connectivity index (χ0) is 22.8. The summed E-state index contributed by atoms with van der Waals surface area (Å²) in [4.78, 5) is 18.6. The summed E-state index contributed by atoms with van der Waals surface area (Å²) in [6.07, 6.45) is 0.0210. The fourth-order valence-corrected chi connectivity index (χ4v) is 4.06. The van der Waals surface area contributed by atoms with Crippen LogP contribution >= 0.6 is 0 Å². The third-order valence-electron chi connectivity index (χ3n) is 5.61. The lowest BCUT2D eigenvalue weighted by atomic mass is 10.0. The van der Waals surface area contributed by atoms with Crippen LogP contribution in [0.4, 0.5) is 0 Å². The number of H-pyrrole nitrogens is 1. The van der Waals surface area contributed by atoms with Gasteiger partial charge in [0.05, 0.1) is 42.1 Å². The van der Waals surface area contributed by atoms with Crippen molar-refractivity contribution in [3.05, 3.63) is 101 Å². The van der Waals surface area contributed by atoms with Crippen LogP contribution in [0.3, 0.4) is 0 Å². The average molecular weight is 432 g/mol. The molecule has 0 radical (unpaired) electrons. The molecule has 1 N–H and O–H groups in total. The van der Waals surface area contributed by atoms with Gasteiger partial charge < -0.3 is 4.74 Å². The first-order chi connectivity index (χ1) is 16.2. The molecule has 0 aliphatic rings. The van der Waals surface area contributed by atoms with Gasteiger partial charge in [0.25, 0.3) is 5.56 Å². The first-order valence-corrected chi connectivity index (χ1v) is 10.5. The Balaban J connectivity index is 1.86. The van der Waals surface area contributed by atoms with Gasteiger partial charge in [0.1, 0.15) is 5.75 Å². The summed E-state index contributed by atoms with van der Waals surface area (Å²) in [5.74, 6) is 0.687. The van der Waals surface area contributed by atoms with Gasteiger partial charge in [0, 0.05) is 5.56 Å². The van der Waals surface area contributed by atoms with E-state index in [2.05, 4.69) is 11.2 Å². The lowest BCUT2D eigenvalue weighted by molar-refractivity contribution is 0.415. The number of methoxy groups -OCH3 is 1. The van der Waals surface area contributed by atoms with E-state index in [1.54, 1.807) is 19.2 Å². The van der Waals surface area contributed by atoms with E-state index in [-0.39, 0.29) is 12.0 Å². The van der Waals surface area contributed by atoms with Crippen LogP contribution in [-0.2, 0) is 6.42 Å². The van der Waals surface area contributed by atoms with Crippen molar-refractivity contribution in [1.82, 2.24) is 14.6 Å². The number of aromatic nitrogens is 3. The van der Waals surface area contributed by atoms with Crippen molar-refractivity contribution in [2.45, 2.75) is 6.42 Å². The van der Waals surface area contributed by atoms with Gasteiger partial charge in [-0.2, -0.15) is 9.78 Å². The van der Waals surface area contributed by atoms with E-state index in [1.165, 1.54) is 4.52 Å². The highest BCUT2D eigenvalue weighted by atomic mass is 16.5. The molecule has 5 rings (SSSR count). The molecule has 160 valence electrons. The highest BCUT2D eigenvalue weighted by Gasteiger charge is 2.22. The number of ether oxygens (including phenoxy) is 1. The van der Waals surface area contributed by atoms with Crippen LogP contribution < -0.4 is 10.3 Å². The minimum absolute atomic E-state index is 0.0210. The van der Waals surface area contributed by atoms with Crippen molar-refractivity contribution in [1.29, 1.82) is 5.26 Å². The van der Waals surface area contributed by atoms with Gasteiger partial charge in [0.15, 0.2) is 5.65 Å². The lowest BCUT2D eigenvalue weighted by Gasteiger charge is -2.09. The summed E-state index contributed by atoms with van der Waals surface area (Å²) in [5.41, 5.74) is 5.25. The first-order valence-electron chi connectivity index (χ1n) is 10.5. The minimum Gasteiger partial charge on any atom is -0.497 e. The number of benzene rings is 3. The smallest absolute Gasteiger partial charge is 0.280 e.